The molecule has 0 saturated carbocycles. The quantitative estimate of drug-likeness (QED) is 0.192. The fraction of sp³-hybridized carbons (Fsp3) is 0.290. The molecule has 0 aliphatic rings. The van der Waals surface area contributed by atoms with E-state index in [2.05, 4.69) is 31.4 Å². The maximum Gasteiger partial charge on any atom is 0.262 e. The Bertz CT molecular complexity index is 1510. The fourth-order valence-corrected chi connectivity index (χ4v) is 4.91. The summed E-state index contributed by atoms with van der Waals surface area (Å²) in [4.78, 5) is 43.3. The van der Waals surface area contributed by atoms with Crippen molar-refractivity contribution in [3.63, 3.8) is 0 Å². The van der Waals surface area contributed by atoms with E-state index in [-0.39, 0.29) is 29.7 Å². The third-order valence-electron chi connectivity index (χ3n) is 6.34. The number of aryl methyl sites for hydroxylation is 1. The van der Waals surface area contributed by atoms with Gasteiger partial charge < -0.3 is 10.6 Å². The molecule has 1 heterocycles. The lowest BCUT2D eigenvalue weighted by Gasteiger charge is -2.14. The molecule has 2 amide bonds. The molecule has 7 nitrogen and oxygen atoms in total. The van der Waals surface area contributed by atoms with Crippen molar-refractivity contribution in [2.45, 2.75) is 45.3 Å². The van der Waals surface area contributed by atoms with Crippen LogP contribution in [-0.2, 0) is 17.8 Å². The Balaban J connectivity index is 1.51. The van der Waals surface area contributed by atoms with E-state index in [0.29, 0.717) is 34.1 Å². The van der Waals surface area contributed by atoms with E-state index in [4.69, 9.17) is 4.98 Å². The Kier molecular flexibility index (Phi) is 9.54. The van der Waals surface area contributed by atoms with E-state index in [1.165, 1.54) is 11.8 Å². The SMILES string of the molecule is CCc1cccc(NC(=O)CSc2nc3ccccc3c(=O)n2Cc2ccc(C(=O)NCCC(C)C)cc2)c1. The second-order valence-electron chi connectivity index (χ2n) is 9.83. The van der Waals surface area contributed by atoms with Gasteiger partial charge in [-0.15, -0.1) is 0 Å². The van der Waals surface area contributed by atoms with E-state index in [1.807, 2.05) is 48.5 Å². The van der Waals surface area contributed by atoms with Crippen LogP contribution in [0.1, 0.15) is 48.7 Å². The summed E-state index contributed by atoms with van der Waals surface area (Å²) in [6.45, 7) is 7.21. The van der Waals surface area contributed by atoms with Gasteiger partial charge in [0, 0.05) is 17.8 Å². The van der Waals surface area contributed by atoms with Gasteiger partial charge in [0.1, 0.15) is 0 Å². The molecular formula is C31H34N4O3S. The zero-order valence-electron chi connectivity index (χ0n) is 22.6. The van der Waals surface area contributed by atoms with E-state index in [9.17, 15) is 14.4 Å². The lowest BCUT2D eigenvalue weighted by Crippen LogP contribution is -2.26. The third kappa shape index (κ3) is 7.57. The number of nitrogens with zero attached hydrogens (tertiary/aromatic N) is 2. The number of thioether (sulfide) groups is 1. The lowest BCUT2D eigenvalue weighted by atomic mass is 10.1. The van der Waals surface area contributed by atoms with Crippen molar-refractivity contribution < 1.29 is 9.59 Å². The number of anilines is 1. The van der Waals surface area contributed by atoms with Crippen molar-refractivity contribution >= 4 is 40.2 Å². The summed E-state index contributed by atoms with van der Waals surface area (Å²) in [5.41, 5.74) is 3.74. The van der Waals surface area contributed by atoms with Gasteiger partial charge in [-0.2, -0.15) is 0 Å². The van der Waals surface area contributed by atoms with Gasteiger partial charge in [-0.05, 0) is 66.3 Å². The first-order valence-electron chi connectivity index (χ1n) is 13.2. The molecule has 1 aromatic heterocycles. The Hall–Kier alpha value is -3.91. The number of rotatable bonds is 11. The van der Waals surface area contributed by atoms with Crippen LogP contribution in [0, 0.1) is 5.92 Å². The Morgan fingerprint density at radius 1 is 0.974 bits per heavy atom. The molecule has 0 fully saturated rings. The van der Waals surface area contributed by atoms with Gasteiger partial charge in [0.25, 0.3) is 11.5 Å². The summed E-state index contributed by atoms with van der Waals surface area (Å²) in [6.07, 6.45) is 1.81. The van der Waals surface area contributed by atoms with Crippen LogP contribution < -0.4 is 16.2 Å². The molecule has 39 heavy (non-hydrogen) atoms. The molecule has 0 radical (unpaired) electrons. The standard InChI is InChI=1S/C31H34N4O3S/c1-4-22-8-7-9-25(18-22)33-28(36)20-39-31-34-27-11-6-5-10-26(27)30(38)35(31)19-23-12-14-24(15-13-23)29(37)32-17-16-21(2)3/h5-15,18,21H,4,16-17,19-20H2,1-3H3,(H,32,37)(H,33,36). The van der Waals surface area contributed by atoms with Crippen molar-refractivity contribution in [1.29, 1.82) is 0 Å². The summed E-state index contributed by atoms with van der Waals surface area (Å²) in [7, 11) is 0. The summed E-state index contributed by atoms with van der Waals surface area (Å²) in [6, 6.07) is 22.2. The predicted molar refractivity (Wildman–Crippen MR) is 159 cm³/mol. The largest absolute Gasteiger partial charge is 0.352 e. The van der Waals surface area contributed by atoms with Gasteiger partial charge in [-0.1, -0.05) is 68.9 Å². The van der Waals surface area contributed by atoms with E-state index < -0.39 is 0 Å². The molecule has 0 aliphatic carbocycles. The van der Waals surface area contributed by atoms with Gasteiger partial charge in [0.2, 0.25) is 5.91 Å². The number of hydrogen-bond donors (Lipinski definition) is 2. The van der Waals surface area contributed by atoms with Crippen LogP contribution in [-0.4, -0.2) is 33.7 Å². The van der Waals surface area contributed by atoms with Gasteiger partial charge in [-0.3, -0.25) is 19.0 Å². The van der Waals surface area contributed by atoms with Gasteiger partial charge in [-0.25, -0.2) is 4.98 Å². The minimum atomic E-state index is -0.172. The van der Waals surface area contributed by atoms with Crippen molar-refractivity contribution in [2.24, 2.45) is 5.92 Å². The number of para-hydroxylation sites is 1. The van der Waals surface area contributed by atoms with Crippen molar-refractivity contribution in [3.05, 3.63) is 99.8 Å². The van der Waals surface area contributed by atoms with Crippen LogP contribution in [0.5, 0.6) is 0 Å². The van der Waals surface area contributed by atoms with Crippen molar-refractivity contribution in [2.75, 3.05) is 17.6 Å². The summed E-state index contributed by atoms with van der Waals surface area (Å²) in [5.74, 6) is 0.344. The smallest absolute Gasteiger partial charge is 0.262 e. The molecule has 202 valence electrons. The first kappa shape index (κ1) is 28.1. The zero-order valence-corrected chi connectivity index (χ0v) is 23.4. The van der Waals surface area contributed by atoms with Crippen LogP contribution in [0.3, 0.4) is 0 Å². The molecule has 4 aromatic rings. The number of benzene rings is 3. The van der Waals surface area contributed by atoms with Crippen LogP contribution >= 0.6 is 11.8 Å². The lowest BCUT2D eigenvalue weighted by molar-refractivity contribution is -0.113. The van der Waals surface area contributed by atoms with E-state index in [0.717, 1.165) is 29.7 Å². The highest BCUT2D eigenvalue weighted by Gasteiger charge is 2.15. The summed E-state index contributed by atoms with van der Waals surface area (Å²) in [5, 5.41) is 6.86. The topological polar surface area (TPSA) is 93.1 Å². The normalized spacial score (nSPS) is 11.1. The average molecular weight is 543 g/mol. The van der Waals surface area contributed by atoms with Crippen LogP contribution in [0.15, 0.2) is 82.7 Å². The third-order valence-corrected chi connectivity index (χ3v) is 7.32. The molecule has 0 bridgehead atoms. The average Bonchev–Trinajstić information content (AvgIpc) is 2.94. The Morgan fingerprint density at radius 2 is 1.74 bits per heavy atom. The van der Waals surface area contributed by atoms with Gasteiger partial charge in [0.05, 0.1) is 23.2 Å². The molecule has 8 heteroatoms. The minimum Gasteiger partial charge on any atom is -0.352 e. The van der Waals surface area contributed by atoms with Crippen LogP contribution in [0.2, 0.25) is 0 Å². The van der Waals surface area contributed by atoms with E-state index in [1.54, 1.807) is 28.8 Å². The van der Waals surface area contributed by atoms with Gasteiger partial charge in [0.15, 0.2) is 5.16 Å². The number of aromatic nitrogens is 2. The van der Waals surface area contributed by atoms with Crippen LogP contribution in [0.25, 0.3) is 10.9 Å². The molecule has 2 N–H and O–H groups in total. The number of amides is 2. The maximum absolute atomic E-state index is 13.5. The Labute approximate surface area is 233 Å². The first-order valence-corrected chi connectivity index (χ1v) is 14.2. The van der Waals surface area contributed by atoms with Crippen molar-refractivity contribution in [3.8, 4) is 0 Å². The van der Waals surface area contributed by atoms with Gasteiger partial charge >= 0.3 is 0 Å². The first-order chi connectivity index (χ1) is 18.8. The number of carbonyl (C=O) groups is 2. The molecule has 0 spiro atoms. The zero-order chi connectivity index (χ0) is 27.8. The second kappa shape index (κ2) is 13.2. The molecule has 0 saturated heterocycles. The maximum atomic E-state index is 13.5. The highest BCUT2D eigenvalue weighted by atomic mass is 32.2. The molecule has 0 unspecified atom stereocenters. The van der Waals surface area contributed by atoms with E-state index >= 15 is 0 Å². The molecule has 4 rings (SSSR count). The molecule has 0 aliphatic heterocycles. The second-order valence-corrected chi connectivity index (χ2v) is 10.8. The number of hydrogen-bond acceptors (Lipinski definition) is 5. The predicted octanol–water partition coefficient (Wildman–Crippen LogP) is 5.51. The minimum absolute atomic E-state index is 0.108. The molecule has 3 aromatic carbocycles. The molecular weight excluding hydrogens is 508 g/mol. The monoisotopic (exact) mass is 542 g/mol. The fourth-order valence-electron chi connectivity index (χ4n) is 4.11. The summed E-state index contributed by atoms with van der Waals surface area (Å²) >= 11 is 1.23. The molecule has 0 atom stereocenters. The van der Waals surface area contributed by atoms with Crippen molar-refractivity contribution in [1.82, 2.24) is 14.9 Å². The Morgan fingerprint density at radius 3 is 2.49 bits per heavy atom. The number of nitrogens with one attached hydrogen (secondary N) is 2. The highest BCUT2D eigenvalue weighted by molar-refractivity contribution is 7.99. The van der Waals surface area contributed by atoms with Crippen LogP contribution in [0.4, 0.5) is 5.69 Å². The highest BCUT2D eigenvalue weighted by Crippen LogP contribution is 2.20. The summed E-state index contributed by atoms with van der Waals surface area (Å²) < 4.78 is 1.59. The number of carbonyl (C=O) groups excluding carboxylic acids is 2. The number of fused-ring (bicyclic) bond motifs is 1.